The monoisotopic (exact) mass is 344 g/mol. The topological polar surface area (TPSA) is 50.8 Å². The van der Waals surface area contributed by atoms with E-state index < -0.39 is 0 Å². The third kappa shape index (κ3) is 5.31. The normalized spacial score (nSPS) is 21.9. The van der Waals surface area contributed by atoms with Crippen LogP contribution >= 0.6 is 0 Å². The standard InChI is InChI=1S/C20H28N2O3/c1-24-18-8-6-17(7-9-18)19(15-22-10-12-25-13-11-22)21-20(23)14-16-4-2-3-5-16/h2,4,6-9,16,19H,3,5,10-15H2,1H3,(H,21,23)/t16-,19+/m0/s1. The van der Waals surface area contributed by atoms with Crippen LogP contribution in [0.5, 0.6) is 5.75 Å². The molecule has 2 aliphatic rings. The first kappa shape index (κ1) is 18.0. The van der Waals surface area contributed by atoms with E-state index in [9.17, 15) is 4.79 Å². The minimum absolute atomic E-state index is 0.0121. The molecule has 5 heteroatoms. The van der Waals surface area contributed by atoms with E-state index in [4.69, 9.17) is 9.47 Å². The molecule has 1 aromatic carbocycles. The maximum atomic E-state index is 12.5. The number of carbonyl (C=O) groups excluding carboxylic acids is 1. The molecule has 136 valence electrons. The molecule has 0 unspecified atom stereocenters. The van der Waals surface area contributed by atoms with Gasteiger partial charge in [-0.15, -0.1) is 0 Å². The number of carbonyl (C=O) groups is 1. The highest BCUT2D eigenvalue weighted by Gasteiger charge is 2.22. The molecule has 25 heavy (non-hydrogen) atoms. The Kier molecular flexibility index (Phi) is 6.48. The molecule has 1 aromatic rings. The number of methoxy groups -OCH3 is 1. The van der Waals surface area contributed by atoms with Crippen LogP contribution in [-0.2, 0) is 9.53 Å². The number of hydrogen-bond acceptors (Lipinski definition) is 4. The van der Waals surface area contributed by atoms with Crippen LogP contribution in [0.15, 0.2) is 36.4 Å². The Bertz CT molecular complexity index is 579. The Balaban J connectivity index is 1.65. The highest BCUT2D eigenvalue weighted by atomic mass is 16.5. The van der Waals surface area contributed by atoms with E-state index in [1.54, 1.807) is 7.11 Å². The van der Waals surface area contributed by atoms with E-state index in [0.717, 1.165) is 57.0 Å². The number of allylic oxidation sites excluding steroid dienone is 2. The third-order valence-electron chi connectivity index (χ3n) is 4.96. The highest BCUT2D eigenvalue weighted by Crippen LogP contribution is 2.23. The lowest BCUT2D eigenvalue weighted by molar-refractivity contribution is -0.122. The number of nitrogens with zero attached hydrogens (tertiary/aromatic N) is 1. The molecule has 1 heterocycles. The number of hydrogen-bond donors (Lipinski definition) is 1. The van der Waals surface area contributed by atoms with Gasteiger partial charge in [0.15, 0.2) is 0 Å². The lowest BCUT2D eigenvalue weighted by atomic mass is 10.0. The van der Waals surface area contributed by atoms with E-state index in [0.29, 0.717) is 12.3 Å². The van der Waals surface area contributed by atoms with Crippen LogP contribution in [0.2, 0.25) is 0 Å². The van der Waals surface area contributed by atoms with Crippen LogP contribution in [0, 0.1) is 5.92 Å². The summed E-state index contributed by atoms with van der Waals surface area (Å²) in [6.45, 7) is 4.15. The average Bonchev–Trinajstić information content (AvgIpc) is 3.15. The highest BCUT2D eigenvalue weighted by molar-refractivity contribution is 5.77. The number of amides is 1. The van der Waals surface area contributed by atoms with Gasteiger partial charge in [-0.05, 0) is 36.5 Å². The maximum absolute atomic E-state index is 12.5. The van der Waals surface area contributed by atoms with Crippen LogP contribution in [0.4, 0.5) is 0 Å². The van der Waals surface area contributed by atoms with E-state index in [1.807, 2.05) is 24.3 Å². The van der Waals surface area contributed by atoms with Crippen molar-refractivity contribution in [1.29, 1.82) is 0 Å². The van der Waals surface area contributed by atoms with Crippen molar-refractivity contribution in [2.45, 2.75) is 25.3 Å². The first-order valence-electron chi connectivity index (χ1n) is 9.14. The summed E-state index contributed by atoms with van der Waals surface area (Å²) in [5.74, 6) is 1.35. The Morgan fingerprint density at radius 1 is 1.32 bits per heavy atom. The molecule has 0 spiro atoms. The minimum Gasteiger partial charge on any atom is -0.497 e. The fraction of sp³-hybridized carbons (Fsp3) is 0.550. The summed E-state index contributed by atoms with van der Waals surface area (Å²) in [7, 11) is 1.66. The molecule has 0 aromatic heterocycles. The summed E-state index contributed by atoms with van der Waals surface area (Å²) < 4.78 is 10.7. The number of benzene rings is 1. The van der Waals surface area contributed by atoms with E-state index in [1.165, 1.54) is 0 Å². The molecule has 1 N–H and O–H groups in total. The Morgan fingerprint density at radius 2 is 2.08 bits per heavy atom. The van der Waals surface area contributed by atoms with Crippen LogP contribution in [0.3, 0.4) is 0 Å². The Labute approximate surface area is 150 Å². The van der Waals surface area contributed by atoms with Crippen molar-refractivity contribution in [2.24, 2.45) is 5.92 Å². The van der Waals surface area contributed by atoms with Gasteiger partial charge in [-0.3, -0.25) is 9.69 Å². The van der Waals surface area contributed by atoms with Crippen LogP contribution in [-0.4, -0.2) is 50.8 Å². The second-order valence-electron chi connectivity index (χ2n) is 6.78. The second-order valence-corrected chi connectivity index (χ2v) is 6.78. The molecule has 1 aliphatic heterocycles. The first-order valence-corrected chi connectivity index (χ1v) is 9.14. The molecule has 1 saturated heterocycles. The van der Waals surface area contributed by atoms with Crippen molar-refractivity contribution < 1.29 is 14.3 Å². The lowest BCUT2D eigenvalue weighted by Crippen LogP contribution is -2.43. The summed E-state index contributed by atoms with van der Waals surface area (Å²) in [5.41, 5.74) is 1.11. The molecular formula is C20H28N2O3. The molecule has 0 bridgehead atoms. The van der Waals surface area contributed by atoms with Gasteiger partial charge in [0.25, 0.3) is 0 Å². The van der Waals surface area contributed by atoms with Gasteiger partial charge in [-0.25, -0.2) is 0 Å². The predicted molar refractivity (Wildman–Crippen MR) is 97.6 cm³/mol. The van der Waals surface area contributed by atoms with Crippen molar-refractivity contribution >= 4 is 5.91 Å². The van der Waals surface area contributed by atoms with Gasteiger partial charge in [0.1, 0.15) is 5.75 Å². The first-order chi connectivity index (χ1) is 12.2. The van der Waals surface area contributed by atoms with Crippen LogP contribution < -0.4 is 10.1 Å². The van der Waals surface area contributed by atoms with Gasteiger partial charge in [0.2, 0.25) is 5.91 Å². The average molecular weight is 344 g/mol. The summed E-state index contributed by atoms with van der Waals surface area (Å²) in [6.07, 6.45) is 7.10. The molecule has 3 rings (SSSR count). The number of ether oxygens (including phenoxy) is 2. The molecule has 5 nitrogen and oxygen atoms in total. The van der Waals surface area contributed by atoms with Crippen molar-refractivity contribution in [1.82, 2.24) is 10.2 Å². The Hall–Kier alpha value is -1.85. The fourth-order valence-corrected chi connectivity index (χ4v) is 3.47. The zero-order chi connectivity index (χ0) is 17.5. The van der Waals surface area contributed by atoms with Gasteiger partial charge in [-0.2, -0.15) is 0 Å². The fourth-order valence-electron chi connectivity index (χ4n) is 3.47. The van der Waals surface area contributed by atoms with E-state index >= 15 is 0 Å². The molecular weight excluding hydrogens is 316 g/mol. The third-order valence-corrected chi connectivity index (χ3v) is 4.96. The van der Waals surface area contributed by atoms with E-state index in [-0.39, 0.29) is 11.9 Å². The second kappa shape index (κ2) is 9.02. The maximum Gasteiger partial charge on any atom is 0.221 e. The molecule has 1 amide bonds. The number of nitrogens with one attached hydrogen (secondary N) is 1. The number of rotatable bonds is 7. The molecule has 0 saturated carbocycles. The summed E-state index contributed by atoms with van der Waals surface area (Å²) in [5, 5.41) is 3.25. The van der Waals surface area contributed by atoms with Crippen molar-refractivity contribution in [3.63, 3.8) is 0 Å². The smallest absolute Gasteiger partial charge is 0.221 e. The SMILES string of the molecule is COc1ccc([C@@H](CN2CCOCC2)NC(=O)C[C@H]2C=CCC2)cc1. The van der Waals surface area contributed by atoms with Crippen LogP contribution in [0.25, 0.3) is 0 Å². The molecule has 1 fully saturated rings. The summed E-state index contributed by atoms with van der Waals surface area (Å²) >= 11 is 0. The predicted octanol–water partition coefficient (Wildman–Crippen LogP) is 2.54. The zero-order valence-corrected chi connectivity index (χ0v) is 14.9. The minimum atomic E-state index is -0.0121. The Morgan fingerprint density at radius 3 is 2.72 bits per heavy atom. The van der Waals surface area contributed by atoms with Gasteiger partial charge in [-0.1, -0.05) is 24.3 Å². The van der Waals surface area contributed by atoms with Gasteiger partial charge >= 0.3 is 0 Å². The lowest BCUT2D eigenvalue weighted by Gasteiger charge is -2.31. The van der Waals surface area contributed by atoms with Crippen molar-refractivity contribution in [3.8, 4) is 5.75 Å². The molecule has 1 aliphatic carbocycles. The quantitative estimate of drug-likeness (QED) is 0.773. The van der Waals surface area contributed by atoms with Gasteiger partial charge in [0, 0.05) is 26.1 Å². The van der Waals surface area contributed by atoms with Crippen molar-refractivity contribution in [3.05, 3.63) is 42.0 Å². The van der Waals surface area contributed by atoms with Crippen LogP contribution in [0.1, 0.15) is 30.9 Å². The molecule has 2 atom stereocenters. The summed E-state index contributed by atoms with van der Waals surface area (Å²) in [4.78, 5) is 14.9. The van der Waals surface area contributed by atoms with Gasteiger partial charge < -0.3 is 14.8 Å². The van der Waals surface area contributed by atoms with Crippen molar-refractivity contribution in [2.75, 3.05) is 40.0 Å². The summed E-state index contributed by atoms with van der Waals surface area (Å²) in [6, 6.07) is 7.97. The van der Waals surface area contributed by atoms with Gasteiger partial charge in [0.05, 0.1) is 26.4 Å². The number of morpholine rings is 1. The van der Waals surface area contributed by atoms with E-state index in [2.05, 4.69) is 22.4 Å². The molecule has 0 radical (unpaired) electrons. The largest absolute Gasteiger partial charge is 0.497 e. The zero-order valence-electron chi connectivity index (χ0n) is 14.9.